The Balaban J connectivity index is 1.27. The standard InChI is InChI=1S/C36H36N2O3S/c1-3-26-12-8-10-19-31(26)37-36-38(29-16-5-4-6-17-29)35(39)34(42-36)23-25-20-21-32(33(22-25)40-2)41-24-28-15-11-14-27-13-7-9-18-30(27)28/h7-15,18-23,29H,3-6,16-17,24H2,1-2H3/b34-23+,37-36?. The molecular formula is C36H36N2O3S. The molecule has 0 aromatic heterocycles. The van der Waals surface area contributed by atoms with Crippen molar-refractivity contribution in [2.45, 2.75) is 58.1 Å². The highest BCUT2D eigenvalue weighted by Crippen LogP contribution is 2.40. The number of amides is 1. The van der Waals surface area contributed by atoms with Gasteiger partial charge >= 0.3 is 0 Å². The molecule has 1 saturated carbocycles. The van der Waals surface area contributed by atoms with Crippen LogP contribution in [0.3, 0.4) is 0 Å². The van der Waals surface area contributed by atoms with Gasteiger partial charge in [0.05, 0.1) is 17.7 Å². The van der Waals surface area contributed by atoms with Gasteiger partial charge in [-0.05, 0) is 82.8 Å². The van der Waals surface area contributed by atoms with Crippen LogP contribution in [0, 0.1) is 0 Å². The first-order valence-corrected chi connectivity index (χ1v) is 15.6. The number of nitrogens with zero attached hydrogens (tertiary/aromatic N) is 2. The van der Waals surface area contributed by atoms with Crippen LogP contribution in [0.5, 0.6) is 11.5 Å². The minimum absolute atomic E-state index is 0.0369. The van der Waals surface area contributed by atoms with E-state index in [2.05, 4.69) is 43.3 Å². The SMILES string of the molecule is CCc1ccccc1N=C1S/C(=C/c2ccc(OCc3cccc4ccccc34)c(OC)c2)C(=O)N1C1CCCCC1. The molecular weight excluding hydrogens is 540 g/mol. The number of carbonyl (C=O) groups excluding carboxylic acids is 1. The molecule has 5 nitrogen and oxygen atoms in total. The molecule has 0 bridgehead atoms. The topological polar surface area (TPSA) is 51.1 Å². The first kappa shape index (κ1) is 28.1. The van der Waals surface area contributed by atoms with Crippen molar-refractivity contribution in [1.29, 1.82) is 0 Å². The molecule has 0 radical (unpaired) electrons. The Hall–Kier alpha value is -4.03. The lowest BCUT2D eigenvalue weighted by Crippen LogP contribution is -2.40. The number of hydrogen-bond donors (Lipinski definition) is 0. The lowest BCUT2D eigenvalue weighted by molar-refractivity contribution is -0.124. The summed E-state index contributed by atoms with van der Waals surface area (Å²) in [6.07, 6.45) is 8.41. The molecule has 0 unspecified atom stereocenters. The number of fused-ring (bicyclic) bond motifs is 1. The third-order valence-electron chi connectivity index (χ3n) is 8.11. The minimum Gasteiger partial charge on any atom is -0.493 e. The molecule has 0 spiro atoms. The van der Waals surface area contributed by atoms with Gasteiger partial charge in [0.1, 0.15) is 6.61 Å². The van der Waals surface area contributed by atoms with E-state index >= 15 is 0 Å². The van der Waals surface area contributed by atoms with Crippen molar-refractivity contribution in [3.8, 4) is 11.5 Å². The number of methoxy groups -OCH3 is 1. The summed E-state index contributed by atoms with van der Waals surface area (Å²) < 4.78 is 11.9. The van der Waals surface area contributed by atoms with Gasteiger partial charge in [-0.1, -0.05) is 92.9 Å². The summed E-state index contributed by atoms with van der Waals surface area (Å²) in [6.45, 7) is 2.57. The maximum atomic E-state index is 13.9. The molecule has 2 aliphatic rings. The van der Waals surface area contributed by atoms with Crippen molar-refractivity contribution in [3.05, 3.63) is 107 Å². The van der Waals surface area contributed by atoms with Crippen molar-refractivity contribution >= 4 is 45.4 Å². The van der Waals surface area contributed by atoms with Gasteiger partial charge in [0.25, 0.3) is 5.91 Å². The average molecular weight is 577 g/mol. The Morgan fingerprint density at radius 2 is 1.67 bits per heavy atom. The van der Waals surface area contributed by atoms with E-state index in [1.165, 1.54) is 34.5 Å². The van der Waals surface area contributed by atoms with Crippen LogP contribution in [0.15, 0.2) is 94.8 Å². The van der Waals surface area contributed by atoms with E-state index in [9.17, 15) is 4.79 Å². The third kappa shape index (κ3) is 5.95. The van der Waals surface area contributed by atoms with Crippen LogP contribution < -0.4 is 9.47 Å². The molecule has 0 N–H and O–H groups in total. The monoisotopic (exact) mass is 576 g/mol. The third-order valence-corrected chi connectivity index (χ3v) is 9.10. The molecule has 42 heavy (non-hydrogen) atoms. The number of hydrogen-bond acceptors (Lipinski definition) is 5. The zero-order valence-corrected chi connectivity index (χ0v) is 25.0. The predicted molar refractivity (Wildman–Crippen MR) is 173 cm³/mol. The lowest BCUT2D eigenvalue weighted by Gasteiger charge is -2.30. The molecule has 214 valence electrons. The molecule has 4 aromatic rings. The number of benzene rings is 4. The van der Waals surface area contributed by atoms with E-state index in [0.29, 0.717) is 23.0 Å². The molecule has 2 fully saturated rings. The molecule has 1 aliphatic heterocycles. The molecule has 6 rings (SSSR count). The number of rotatable bonds is 8. The van der Waals surface area contributed by atoms with E-state index in [0.717, 1.165) is 54.1 Å². The van der Waals surface area contributed by atoms with Crippen LogP contribution in [-0.4, -0.2) is 29.1 Å². The zero-order valence-electron chi connectivity index (χ0n) is 24.2. The number of ether oxygens (including phenoxy) is 2. The summed E-state index contributed by atoms with van der Waals surface area (Å²) >= 11 is 1.47. The summed E-state index contributed by atoms with van der Waals surface area (Å²) in [5.74, 6) is 1.34. The highest BCUT2D eigenvalue weighted by molar-refractivity contribution is 8.18. The van der Waals surface area contributed by atoms with Crippen molar-refractivity contribution in [2.75, 3.05) is 7.11 Å². The average Bonchev–Trinajstić information content (AvgIpc) is 3.34. The quantitative estimate of drug-likeness (QED) is 0.197. The van der Waals surface area contributed by atoms with E-state index in [-0.39, 0.29) is 11.9 Å². The van der Waals surface area contributed by atoms with Crippen molar-refractivity contribution in [1.82, 2.24) is 4.90 Å². The molecule has 0 atom stereocenters. The van der Waals surface area contributed by atoms with Crippen molar-refractivity contribution in [2.24, 2.45) is 4.99 Å². The van der Waals surface area contributed by atoms with Crippen LogP contribution >= 0.6 is 11.8 Å². The molecule has 4 aromatic carbocycles. The highest BCUT2D eigenvalue weighted by Gasteiger charge is 2.38. The van der Waals surface area contributed by atoms with Gasteiger partial charge in [0.15, 0.2) is 16.7 Å². The van der Waals surface area contributed by atoms with E-state index in [4.69, 9.17) is 14.5 Å². The molecule has 6 heteroatoms. The summed E-state index contributed by atoms with van der Waals surface area (Å²) in [5.41, 5.74) is 4.13. The van der Waals surface area contributed by atoms with Crippen LogP contribution in [0.2, 0.25) is 0 Å². The summed E-state index contributed by atoms with van der Waals surface area (Å²) in [6, 6.07) is 28.8. The van der Waals surface area contributed by atoms with Crippen LogP contribution in [0.25, 0.3) is 16.8 Å². The Morgan fingerprint density at radius 3 is 2.50 bits per heavy atom. The smallest absolute Gasteiger partial charge is 0.267 e. The predicted octanol–water partition coefficient (Wildman–Crippen LogP) is 8.93. The van der Waals surface area contributed by atoms with E-state index < -0.39 is 0 Å². The lowest BCUT2D eigenvalue weighted by atomic mass is 9.94. The fourth-order valence-electron chi connectivity index (χ4n) is 5.87. The Bertz CT molecular complexity index is 1650. The first-order valence-electron chi connectivity index (χ1n) is 14.8. The highest BCUT2D eigenvalue weighted by atomic mass is 32.2. The van der Waals surface area contributed by atoms with Gasteiger partial charge in [-0.25, -0.2) is 4.99 Å². The minimum atomic E-state index is 0.0369. The number of carbonyl (C=O) groups is 1. The van der Waals surface area contributed by atoms with Gasteiger partial charge in [-0.2, -0.15) is 0 Å². The number of aryl methyl sites for hydroxylation is 1. The fraction of sp³-hybridized carbons (Fsp3) is 0.278. The van der Waals surface area contributed by atoms with Gasteiger partial charge in [0.2, 0.25) is 0 Å². The van der Waals surface area contributed by atoms with Gasteiger partial charge in [-0.15, -0.1) is 0 Å². The van der Waals surface area contributed by atoms with E-state index in [1.54, 1.807) is 7.11 Å². The molecule has 1 saturated heterocycles. The second-order valence-corrected chi connectivity index (χ2v) is 11.8. The maximum absolute atomic E-state index is 13.9. The normalized spacial score (nSPS) is 17.9. The second kappa shape index (κ2) is 12.9. The Morgan fingerprint density at radius 1 is 0.905 bits per heavy atom. The summed E-state index contributed by atoms with van der Waals surface area (Å²) in [4.78, 5) is 21.5. The number of para-hydroxylation sites is 1. The first-order chi connectivity index (χ1) is 20.6. The fourth-order valence-corrected chi connectivity index (χ4v) is 6.92. The van der Waals surface area contributed by atoms with Crippen LogP contribution in [-0.2, 0) is 17.8 Å². The van der Waals surface area contributed by atoms with E-state index in [1.807, 2.05) is 59.5 Å². The second-order valence-electron chi connectivity index (χ2n) is 10.8. The maximum Gasteiger partial charge on any atom is 0.267 e. The van der Waals surface area contributed by atoms with Crippen molar-refractivity contribution < 1.29 is 14.3 Å². The zero-order chi connectivity index (χ0) is 28.9. The number of aliphatic imine (C=N–C) groups is 1. The molecule has 1 aliphatic carbocycles. The Labute approximate surface area is 252 Å². The van der Waals surface area contributed by atoms with Gasteiger partial charge < -0.3 is 9.47 Å². The molecule has 1 amide bonds. The van der Waals surface area contributed by atoms with Gasteiger partial charge in [-0.3, -0.25) is 9.69 Å². The largest absolute Gasteiger partial charge is 0.493 e. The van der Waals surface area contributed by atoms with Crippen LogP contribution in [0.1, 0.15) is 55.7 Å². The van der Waals surface area contributed by atoms with Gasteiger partial charge in [0, 0.05) is 6.04 Å². The number of thioether (sulfide) groups is 1. The van der Waals surface area contributed by atoms with Crippen LogP contribution in [0.4, 0.5) is 5.69 Å². The Kier molecular flexibility index (Phi) is 8.61. The molecule has 1 heterocycles. The summed E-state index contributed by atoms with van der Waals surface area (Å²) in [7, 11) is 1.65. The van der Waals surface area contributed by atoms with Crippen molar-refractivity contribution in [3.63, 3.8) is 0 Å². The number of amidine groups is 1. The summed E-state index contributed by atoms with van der Waals surface area (Å²) in [5, 5.41) is 3.15.